The lowest BCUT2D eigenvalue weighted by Gasteiger charge is -2.22. The lowest BCUT2D eigenvalue weighted by Crippen LogP contribution is -2.31. The van der Waals surface area contributed by atoms with Crippen LogP contribution in [0.25, 0.3) is 0 Å². The lowest BCUT2D eigenvalue weighted by molar-refractivity contribution is -0.120. The van der Waals surface area contributed by atoms with Gasteiger partial charge in [0, 0.05) is 6.07 Å². The maximum Gasteiger partial charge on any atom is 0.238 e. The van der Waals surface area contributed by atoms with E-state index in [0.29, 0.717) is 17.9 Å². The molecule has 2 atom stereocenters. The summed E-state index contributed by atoms with van der Waals surface area (Å²) in [5.74, 6) is 7.19. The van der Waals surface area contributed by atoms with E-state index in [0.717, 1.165) is 37.3 Å². The Bertz CT molecular complexity index is 575. The lowest BCUT2D eigenvalue weighted by atomic mass is 9.91. The number of carbonyl (C=O) groups excluding carboxylic acids is 1. The van der Waals surface area contributed by atoms with E-state index >= 15 is 0 Å². The van der Waals surface area contributed by atoms with E-state index in [1.54, 1.807) is 12.1 Å². The third-order valence-electron chi connectivity index (χ3n) is 5.26. The predicted octanol–water partition coefficient (Wildman–Crippen LogP) is 1.76. The number of ether oxygens (including phenoxy) is 1. The number of hydrogen-bond acceptors (Lipinski definition) is 4. The van der Waals surface area contributed by atoms with E-state index < -0.39 is 11.7 Å². The van der Waals surface area contributed by atoms with Gasteiger partial charge in [-0.1, -0.05) is 6.07 Å². The van der Waals surface area contributed by atoms with Crippen LogP contribution < -0.4 is 21.3 Å². The first-order valence-electron chi connectivity index (χ1n) is 8.78. The summed E-state index contributed by atoms with van der Waals surface area (Å²) in [4.78, 5) is 11.2. The highest BCUT2D eigenvalue weighted by molar-refractivity contribution is 5.77. The monoisotopic (exact) mass is 335 g/mol. The van der Waals surface area contributed by atoms with Crippen LogP contribution >= 0.6 is 0 Å². The van der Waals surface area contributed by atoms with Gasteiger partial charge in [-0.2, -0.15) is 0 Å². The molecule has 1 aromatic rings. The van der Waals surface area contributed by atoms with Crippen molar-refractivity contribution >= 4 is 5.91 Å². The maximum absolute atomic E-state index is 13.9. The van der Waals surface area contributed by atoms with E-state index in [1.807, 2.05) is 5.43 Å². The molecular weight excluding hydrogens is 309 g/mol. The van der Waals surface area contributed by atoms with Gasteiger partial charge in [0.2, 0.25) is 5.91 Å². The van der Waals surface area contributed by atoms with Gasteiger partial charge in [-0.25, -0.2) is 10.2 Å². The Labute approximate surface area is 142 Å². The first-order chi connectivity index (χ1) is 11.7. The molecular formula is C18H26FN3O2. The molecule has 24 heavy (non-hydrogen) atoms. The van der Waals surface area contributed by atoms with Crippen LogP contribution in [0.4, 0.5) is 4.39 Å². The number of nitrogens with one attached hydrogen (secondary N) is 2. The normalized spacial score (nSPS) is 23.8. The number of nitrogens with two attached hydrogens (primary N) is 1. The molecule has 2 unspecified atom stereocenters. The summed E-state index contributed by atoms with van der Waals surface area (Å²) in [6.45, 7) is 2.92. The molecule has 1 aliphatic carbocycles. The number of hydrazine groups is 1. The Morgan fingerprint density at radius 2 is 2.17 bits per heavy atom. The Balaban J connectivity index is 1.41. The highest BCUT2D eigenvalue weighted by Gasteiger charge is 2.42. The molecule has 2 fully saturated rings. The molecule has 0 aromatic heterocycles. The zero-order chi connectivity index (χ0) is 16.9. The maximum atomic E-state index is 13.9. The average molecular weight is 335 g/mol. The van der Waals surface area contributed by atoms with E-state index in [2.05, 4.69) is 5.32 Å². The molecule has 1 heterocycles. The number of halogens is 1. The fraction of sp³-hybridized carbons (Fsp3) is 0.611. The second-order valence-corrected chi connectivity index (χ2v) is 6.88. The summed E-state index contributed by atoms with van der Waals surface area (Å²) in [6, 6.07) is 4.63. The van der Waals surface area contributed by atoms with Crippen LogP contribution in [0, 0.1) is 23.6 Å². The van der Waals surface area contributed by atoms with Crippen LogP contribution in [0.15, 0.2) is 18.2 Å². The Kier molecular flexibility index (Phi) is 5.68. The molecule has 0 bridgehead atoms. The number of piperidine rings is 1. The van der Waals surface area contributed by atoms with Crippen molar-refractivity contribution < 1.29 is 13.9 Å². The van der Waals surface area contributed by atoms with Crippen molar-refractivity contribution in [1.82, 2.24) is 10.7 Å². The van der Waals surface area contributed by atoms with Crippen LogP contribution in [0.5, 0.6) is 5.75 Å². The largest absolute Gasteiger partial charge is 0.493 e. The van der Waals surface area contributed by atoms with E-state index in [9.17, 15) is 9.18 Å². The first kappa shape index (κ1) is 17.2. The van der Waals surface area contributed by atoms with Gasteiger partial charge >= 0.3 is 0 Å². The fourth-order valence-corrected chi connectivity index (χ4v) is 3.77. The van der Waals surface area contributed by atoms with Gasteiger partial charge in [-0.15, -0.1) is 0 Å². The molecule has 1 amide bonds. The standard InChI is InChI=1S/C18H26FN3O2/c19-17-11-15(2-1-14(17)10-18(23)22-20)24-8-5-13-9-16(13)12-3-6-21-7-4-12/h1-2,11-13,16,21H,3-10,20H2,(H,22,23). The zero-order valence-corrected chi connectivity index (χ0v) is 13.9. The number of carbonyl (C=O) groups is 1. The summed E-state index contributed by atoms with van der Waals surface area (Å²) in [5.41, 5.74) is 2.32. The minimum absolute atomic E-state index is 0.0669. The van der Waals surface area contributed by atoms with Crippen molar-refractivity contribution in [2.75, 3.05) is 19.7 Å². The van der Waals surface area contributed by atoms with Crippen LogP contribution in [-0.4, -0.2) is 25.6 Å². The van der Waals surface area contributed by atoms with Gasteiger partial charge in [0.1, 0.15) is 11.6 Å². The molecule has 2 aliphatic rings. The summed E-state index contributed by atoms with van der Waals surface area (Å²) in [7, 11) is 0. The molecule has 1 aliphatic heterocycles. The van der Waals surface area contributed by atoms with Crippen molar-refractivity contribution in [3.8, 4) is 5.75 Å². The average Bonchev–Trinajstić information content (AvgIpc) is 3.37. The SMILES string of the molecule is NNC(=O)Cc1ccc(OCCC2CC2C2CCNCC2)cc1F. The third kappa shape index (κ3) is 4.45. The number of rotatable bonds is 7. The third-order valence-corrected chi connectivity index (χ3v) is 5.26. The Morgan fingerprint density at radius 1 is 1.38 bits per heavy atom. The zero-order valence-electron chi connectivity index (χ0n) is 13.9. The summed E-state index contributed by atoms with van der Waals surface area (Å²) >= 11 is 0. The van der Waals surface area contributed by atoms with Crippen molar-refractivity contribution in [2.24, 2.45) is 23.6 Å². The van der Waals surface area contributed by atoms with E-state index in [-0.39, 0.29) is 6.42 Å². The molecule has 5 nitrogen and oxygen atoms in total. The minimum Gasteiger partial charge on any atom is -0.493 e. The molecule has 6 heteroatoms. The molecule has 4 N–H and O–H groups in total. The van der Waals surface area contributed by atoms with Crippen molar-refractivity contribution in [1.29, 1.82) is 0 Å². The van der Waals surface area contributed by atoms with Crippen LogP contribution in [0.2, 0.25) is 0 Å². The van der Waals surface area contributed by atoms with Crippen molar-refractivity contribution in [3.05, 3.63) is 29.6 Å². The quantitative estimate of drug-likeness (QED) is 0.403. The van der Waals surface area contributed by atoms with Gasteiger partial charge in [0.15, 0.2) is 0 Å². The molecule has 0 spiro atoms. The second-order valence-electron chi connectivity index (χ2n) is 6.88. The van der Waals surface area contributed by atoms with Gasteiger partial charge in [0.05, 0.1) is 13.0 Å². The molecule has 132 valence electrons. The summed E-state index contributed by atoms with van der Waals surface area (Å²) in [6.07, 6.45) is 4.88. The summed E-state index contributed by atoms with van der Waals surface area (Å²) < 4.78 is 19.6. The van der Waals surface area contributed by atoms with Crippen LogP contribution in [0.3, 0.4) is 0 Å². The van der Waals surface area contributed by atoms with E-state index in [4.69, 9.17) is 10.6 Å². The van der Waals surface area contributed by atoms with Crippen molar-refractivity contribution in [2.45, 2.75) is 32.1 Å². The van der Waals surface area contributed by atoms with Crippen LogP contribution in [0.1, 0.15) is 31.2 Å². The van der Waals surface area contributed by atoms with Gasteiger partial charge in [-0.3, -0.25) is 10.2 Å². The predicted molar refractivity (Wildman–Crippen MR) is 89.7 cm³/mol. The van der Waals surface area contributed by atoms with Gasteiger partial charge < -0.3 is 10.1 Å². The topological polar surface area (TPSA) is 76.4 Å². The number of amides is 1. The molecule has 1 saturated carbocycles. The van der Waals surface area contributed by atoms with Crippen molar-refractivity contribution in [3.63, 3.8) is 0 Å². The smallest absolute Gasteiger partial charge is 0.238 e. The number of benzene rings is 1. The molecule has 3 rings (SSSR count). The first-order valence-corrected chi connectivity index (χ1v) is 8.78. The molecule has 1 aromatic carbocycles. The highest BCUT2D eigenvalue weighted by atomic mass is 19.1. The molecule has 0 radical (unpaired) electrons. The second kappa shape index (κ2) is 7.94. The highest BCUT2D eigenvalue weighted by Crippen LogP contribution is 2.49. The minimum atomic E-state index is -0.435. The van der Waals surface area contributed by atoms with Gasteiger partial charge in [0.25, 0.3) is 0 Å². The van der Waals surface area contributed by atoms with E-state index in [1.165, 1.54) is 25.3 Å². The van der Waals surface area contributed by atoms with Gasteiger partial charge in [-0.05, 0) is 68.2 Å². The Morgan fingerprint density at radius 3 is 2.88 bits per heavy atom. The molecule has 1 saturated heterocycles. The van der Waals surface area contributed by atoms with Crippen LogP contribution in [-0.2, 0) is 11.2 Å². The summed E-state index contributed by atoms with van der Waals surface area (Å²) in [5, 5.41) is 3.41. The number of hydrogen-bond donors (Lipinski definition) is 3. The Hall–Kier alpha value is -1.66. The fourth-order valence-electron chi connectivity index (χ4n) is 3.77.